The monoisotopic (exact) mass is 308 g/mol. The van der Waals surface area contributed by atoms with E-state index in [4.69, 9.17) is 5.73 Å². The minimum Gasteiger partial charge on any atom is -0.341 e. The second-order valence-electron chi connectivity index (χ2n) is 6.40. The number of piperidine rings is 1. The van der Waals surface area contributed by atoms with Crippen LogP contribution in [0.5, 0.6) is 0 Å². The van der Waals surface area contributed by atoms with Gasteiger partial charge in [-0.2, -0.15) is 0 Å². The number of carbonyl (C=O) groups excluding carboxylic acids is 1. The summed E-state index contributed by atoms with van der Waals surface area (Å²) in [5.41, 5.74) is 9.62. The van der Waals surface area contributed by atoms with Crippen LogP contribution in [0.1, 0.15) is 41.5 Å². The first kappa shape index (κ1) is 15.8. The zero-order valence-electron chi connectivity index (χ0n) is 13.6. The predicted octanol–water partition coefficient (Wildman–Crippen LogP) is 3.40. The highest BCUT2D eigenvalue weighted by molar-refractivity contribution is 5.83. The van der Waals surface area contributed by atoms with Gasteiger partial charge in [-0.25, -0.2) is 0 Å². The molecule has 1 unspecified atom stereocenters. The molecule has 1 fully saturated rings. The van der Waals surface area contributed by atoms with Gasteiger partial charge >= 0.3 is 0 Å². The van der Waals surface area contributed by atoms with Gasteiger partial charge < -0.3 is 10.6 Å². The molecule has 0 bridgehead atoms. The highest BCUT2D eigenvalue weighted by Crippen LogP contribution is 2.28. The maximum Gasteiger partial charge on any atom is 0.244 e. The molecule has 1 amide bonds. The molecule has 2 aromatic rings. The van der Waals surface area contributed by atoms with Crippen LogP contribution in [0.15, 0.2) is 54.6 Å². The number of aryl methyl sites for hydroxylation is 1. The maximum absolute atomic E-state index is 12.6. The fourth-order valence-corrected chi connectivity index (χ4v) is 3.27. The lowest BCUT2D eigenvalue weighted by molar-refractivity contribution is -0.133. The van der Waals surface area contributed by atoms with Gasteiger partial charge in [0.2, 0.25) is 5.91 Å². The second-order valence-corrected chi connectivity index (χ2v) is 6.40. The number of likely N-dealkylation sites (tertiary alicyclic amines) is 1. The van der Waals surface area contributed by atoms with Crippen molar-refractivity contribution in [1.29, 1.82) is 0 Å². The number of hydrogen-bond acceptors (Lipinski definition) is 2. The van der Waals surface area contributed by atoms with Crippen LogP contribution in [-0.2, 0) is 4.79 Å². The molecule has 3 nitrogen and oxygen atoms in total. The van der Waals surface area contributed by atoms with Gasteiger partial charge in [-0.3, -0.25) is 4.79 Å². The molecule has 3 rings (SSSR count). The summed E-state index contributed by atoms with van der Waals surface area (Å²) in [6, 6.07) is 17.9. The Morgan fingerprint density at radius 2 is 1.65 bits per heavy atom. The molecular formula is C20H24N2O. The summed E-state index contributed by atoms with van der Waals surface area (Å²) in [6.45, 7) is 3.61. The third kappa shape index (κ3) is 3.62. The Hall–Kier alpha value is -2.13. The molecule has 1 atom stereocenters. The molecule has 1 heterocycles. The number of nitrogens with two attached hydrogens (primary N) is 1. The number of rotatable bonds is 3. The van der Waals surface area contributed by atoms with Crippen LogP contribution in [0, 0.1) is 6.92 Å². The van der Waals surface area contributed by atoms with Gasteiger partial charge in [-0.1, -0.05) is 60.2 Å². The van der Waals surface area contributed by atoms with Crippen LogP contribution in [0.4, 0.5) is 0 Å². The minimum atomic E-state index is -0.552. The van der Waals surface area contributed by atoms with E-state index in [2.05, 4.69) is 24.3 Å². The van der Waals surface area contributed by atoms with E-state index in [1.165, 1.54) is 11.1 Å². The van der Waals surface area contributed by atoms with Gasteiger partial charge in [0.1, 0.15) is 6.04 Å². The topological polar surface area (TPSA) is 46.3 Å². The normalized spacial score (nSPS) is 17.0. The van der Waals surface area contributed by atoms with E-state index in [0.29, 0.717) is 5.92 Å². The molecule has 23 heavy (non-hydrogen) atoms. The van der Waals surface area contributed by atoms with E-state index in [1.54, 1.807) is 0 Å². The number of nitrogens with zero attached hydrogens (tertiary/aromatic N) is 1. The van der Waals surface area contributed by atoms with Crippen molar-refractivity contribution < 1.29 is 4.79 Å². The molecule has 2 N–H and O–H groups in total. The van der Waals surface area contributed by atoms with Gasteiger partial charge in [-0.15, -0.1) is 0 Å². The molecule has 3 heteroatoms. The molecule has 1 aliphatic rings. The quantitative estimate of drug-likeness (QED) is 0.944. The van der Waals surface area contributed by atoms with E-state index in [9.17, 15) is 4.79 Å². The molecule has 0 aromatic heterocycles. The fraction of sp³-hybridized carbons (Fsp3) is 0.350. The van der Waals surface area contributed by atoms with Gasteiger partial charge in [0, 0.05) is 13.1 Å². The third-order valence-electron chi connectivity index (χ3n) is 4.78. The summed E-state index contributed by atoms with van der Waals surface area (Å²) in [6.07, 6.45) is 2.02. The smallest absolute Gasteiger partial charge is 0.244 e. The Morgan fingerprint density at radius 1 is 1.04 bits per heavy atom. The van der Waals surface area contributed by atoms with Crippen molar-refractivity contribution in [3.05, 3.63) is 71.3 Å². The fourth-order valence-electron chi connectivity index (χ4n) is 3.27. The van der Waals surface area contributed by atoms with Gasteiger partial charge in [0.25, 0.3) is 0 Å². The zero-order chi connectivity index (χ0) is 16.2. The summed E-state index contributed by atoms with van der Waals surface area (Å²) in [4.78, 5) is 14.5. The number of amides is 1. The molecule has 1 aliphatic heterocycles. The lowest BCUT2D eigenvalue weighted by Crippen LogP contribution is -2.42. The Kier molecular flexibility index (Phi) is 4.77. The van der Waals surface area contributed by atoms with Gasteiger partial charge in [0.05, 0.1) is 0 Å². The molecule has 2 aromatic carbocycles. The number of carbonyl (C=O) groups is 1. The standard InChI is InChI=1S/C20H24N2O/c1-15-7-9-18(10-8-15)19(21)20(23)22-13-11-17(12-14-22)16-5-3-2-4-6-16/h2-10,17,19H,11-14,21H2,1H3. The average molecular weight is 308 g/mol. The summed E-state index contributed by atoms with van der Waals surface area (Å²) in [5, 5.41) is 0. The highest BCUT2D eigenvalue weighted by Gasteiger charge is 2.27. The van der Waals surface area contributed by atoms with Crippen LogP contribution >= 0.6 is 0 Å². The molecule has 0 aliphatic carbocycles. The maximum atomic E-state index is 12.6. The first-order valence-corrected chi connectivity index (χ1v) is 8.31. The van der Waals surface area contributed by atoms with E-state index in [-0.39, 0.29) is 5.91 Å². The largest absolute Gasteiger partial charge is 0.341 e. The van der Waals surface area contributed by atoms with Crippen molar-refractivity contribution in [2.24, 2.45) is 5.73 Å². The van der Waals surface area contributed by atoms with E-state index in [0.717, 1.165) is 31.5 Å². The summed E-state index contributed by atoms with van der Waals surface area (Å²) < 4.78 is 0. The molecule has 0 radical (unpaired) electrons. The van der Waals surface area contributed by atoms with Crippen LogP contribution in [-0.4, -0.2) is 23.9 Å². The van der Waals surface area contributed by atoms with Crippen molar-refractivity contribution in [2.45, 2.75) is 31.7 Å². The van der Waals surface area contributed by atoms with E-state index in [1.807, 2.05) is 42.2 Å². The zero-order valence-corrected chi connectivity index (χ0v) is 13.6. The second kappa shape index (κ2) is 6.97. The van der Waals surface area contributed by atoms with Crippen LogP contribution < -0.4 is 5.73 Å². The van der Waals surface area contributed by atoms with Crippen molar-refractivity contribution in [3.63, 3.8) is 0 Å². The first-order valence-electron chi connectivity index (χ1n) is 8.31. The van der Waals surface area contributed by atoms with Gasteiger partial charge in [-0.05, 0) is 36.8 Å². The summed E-state index contributed by atoms with van der Waals surface area (Å²) in [7, 11) is 0. The van der Waals surface area contributed by atoms with E-state index >= 15 is 0 Å². The van der Waals surface area contributed by atoms with Crippen molar-refractivity contribution in [1.82, 2.24) is 4.90 Å². The predicted molar refractivity (Wildman–Crippen MR) is 93.1 cm³/mol. The molecule has 1 saturated heterocycles. The number of benzene rings is 2. The molecule has 0 saturated carbocycles. The highest BCUT2D eigenvalue weighted by atomic mass is 16.2. The lowest BCUT2D eigenvalue weighted by Gasteiger charge is -2.33. The SMILES string of the molecule is Cc1ccc(C(N)C(=O)N2CCC(c3ccccc3)CC2)cc1. The third-order valence-corrected chi connectivity index (χ3v) is 4.78. The Labute approximate surface area is 138 Å². The van der Waals surface area contributed by atoms with Crippen molar-refractivity contribution >= 4 is 5.91 Å². The minimum absolute atomic E-state index is 0.0420. The summed E-state index contributed by atoms with van der Waals surface area (Å²) >= 11 is 0. The van der Waals surface area contributed by atoms with Crippen LogP contribution in [0.2, 0.25) is 0 Å². The van der Waals surface area contributed by atoms with Crippen molar-refractivity contribution in [2.75, 3.05) is 13.1 Å². The number of hydrogen-bond donors (Lipinski definition) is 1. The lowest BCUT2D eigenvalue weighted by atomic mass is 9.89. The first-order chi connectivity index (χ1) is 11.1. The summed E-state index contributed by atoms with van der Waals surface area (Å²) in [5.74, 6) is 0.594. The Bertz CT molecular complexity index is 643. The van der Waals surface area contributed by atoms with Crippen molar-refractivity contribution in [3.8, 4) is 0 Å². The van der Waals surface area contributed by atoms with E-state index < -0.39 is 6.04 Å². The Balaban J connectivity index is 1.60. The average Bonchev–Trinajstić information content (AvgIpc) is 2.62. The molecule has 0 spiro atoms. The molecule has 120 valence electrons. The van der Waals surface area contributed by atoms with Crippen LogP contribution in [0.3, 0.4) is 0 Å². The van der Waals surface area contributed by atoms with Crippen LogP contribution in [0.25, 0.3) is 0 Å². The van der Waals surface area contributed by atoms with Gasteiger partial charge in [0.15, 0.2) is 0 Å². The molecular weight excluding hydrogens is 284 g/mol. The Morgan fingerprint density at radius 3 is 2.26 bits per heavy atom.